The normalized spacial score (nSPS) is 11.6. The average molecular weight is 333 g/mol. The van der Waals surface area contributed by atoms with Crippen LogP contribution in [0.3, 0.4) is 0 Å². The molecular weight excluding hydrogens is 316 g/mol. The van der Waals surface area contributed by atoms with Gasteiger partial charge in [0.05, 0.1) is 24.7 Å². The van der Waals surface area contributed by atoms with Crippen molar-refractivity contribution in [2.24, 2.45) is 0 Å². The first-order valence-corrected chi connectivity index (χ1v) is 7.52. The standard InChI is InChI=1S/C16H17ClN4O2/c1-11-9-15(21(20-11)8-4-7-18)19-16(22)12(2)23-14-6-3-5-13(17)10-14/h3,5-6,9-10,12H,4,8H2,1-2H3,(H,19,22)/t12-/m0/s1. The molecule has 0 bridgehead atoms. The highest BCUT2D eigenvalue weighted by Gasteiger charge is 2.17. The quantitative estimate of drug-likeness (QED) is 0.881. The maximum atomic E-state index is 12.3. The second kappa shape index (κ2) is 7.65. The zero-order valence-corrected chi connectivity index (χ0v) is 13.7. The second-order valence-corrected chi connectivity index (χ2v) is 5.45. The summed E-state index contributed by atoms with van der Waals surface area (Å²) in [5.41, 5.74) is 0.765. The minimum absolute atomic E-state index is 0.303. The van der Waals surface area contributed by atoms with Crippen LogP contribution in [0.25, 0.3) is 0 Å². The molecule has 2 aromatic rings. The Morgan fingerprint density at radius 3 is 3.00 bits per heavy atom. The summed E-state index contributed by atoms with van der Waals surface area (Å²) < 4.78 is 7.18. The van der Waals surface area contributed by atoms with Gasteiger partial charge in [0.2, 0.25) is 0 Å². The van der Waals surface area contributed by atoms with Crippen LogP contribution >= 0.6 is 11.6 Å². The number of rotatable bonds is 6. The van der Waals surface area contributed by atoms with Gasteiger partial charge in [0.25, 0.3) is 5.91 Å². The molecule has 0 saturated carbocycles. The molecule has 0 aliphatic rings. The number of halogens is 1. The van der Waals surface area contributed by atoms with Crippen LogP contribution in [0.15, 0.2) is 30.3 Å². The summed E-state index contributed by atoms with van der Waals surface area (Å²) in [5, 5.41) is 16.2. The summed E-state index contributed by atoms with van der Waals surface area (Å²) in [7, 11) is 0. The molecule has 0 spiro atoms. The van der Waals surface area contributed by atoms with Gasteiger partial charge in [0, 0.05) is 11.1 Å². The molecule has 0 fully saturated rings. The Morgan fingerprint density at radius 1 is 1.52 bits per heavy atom. The minimum Gasteiger partial charge on any atom is -0.481 e. The van der Waals surface area contributed by atoms with Gasteiger partial charge >= 0.3 is 0 Å². The number of aryl methyl sites for hydroxylation is 2. The minimum atomic E-state index is -0.701. The van der Waals surface area contributed by atoms with Crippen LogP contribution in [0, 0.1) is 18.3 Å². The van der Waals surface area contributed by atoms with Crippen LogP contribution in [0.4, 0.5) is 5.82 Å². The largest absolute Gasteiger partial charge is 0.481 e. The average Bonchev–Trinajstić information content (AvgIpc) is 2.84. The number of hydrogen-bond acceptors (Lipinski definition) is 4. The Balaban J connectivity index is 2.02. The van der Waals surface area contributed by atoms with Gasteiger partial charge in [0.1, 0.15) is 11.6 Å². The molecule has 0 unspecified atom stereocenters. The fourth-order valence-corrected chi connectivity index (χ4v) is 2.18. The Hall–Kier alpha value is -2.52. The number of aromatic nitrogens is 2. The fourth-order valence-electron chi connectivity index (χ4n) is 2.00. The molecule has 1 aromatic carbocycles. The summed E-state index contributed by atoms with van der Waals surface area (Å²) in [6.45, 7) is 3.90. The number of carbonyl (C=O) groups excluding carboxylic acids is 1. The fraction of sp³-hybridized carbons (Fsp3) is 0.312. The van der Waals surface area contributed by atoms with Crippen molar-refractivity contribution in [3.05, 3.63) is 41.0 Å². The first-order chi connectivity index (χ1) is 11.0. The third-order valence-corrected chi connectivity index (χ3v) is 3.30. The first kappa shape index (κ1) is 16.8. The number of nitrogens with zero attached hydrogens (tertiary/aromatic N) is 3. The Bertz CT molecular complexity index is 736. The third-order valence-electron chi connectivity index (χ3n) is 3.07. The van der Waals surface area contributed by atoms with E-state index in [4.69, 9.17) is 21.6 Å². The number of nitriles is 1. The molecule has 6 nitrogen and oxygen atoms in total. The van der Waals surface area contributed by atoms with Crippen LogP contribution in [0.2, 0.25) is 5.02 Å². The first-order valence-electron chi connectivity index (χ1n) is 7.14. The van der Waals surface area contributed by atoms with E-state index in [0.717, 1.165) is 5.69 Å². The number of anilines is 1. The van der Waals surface area contributed by atoms with E-state index >= 15 is 0 Å². The van der Waals surface area contributed by atoms with Crippen molar-refractivity contribution in [2.45, 2.75) is 32.9 Å². The molecule has 1 atom stereocenters. The highest BCUT2D eigenvalue weighted by Crippen LogP contribution is 2.19. The van der Waals surface area contributed by atoms with Crippen molar-refractivity contribution in [3.63, 3.8) is 0 Å². The van der Waals surface area contributed by atoms with Crippen molar-refractivity contribution in [2.75, 3.05) is 5.32 Å². The molecule has 1 N–H and O–H groups in total. The molecule has 1 heterocycles. The van der Waals surface area contributed by atoms with E-state index < -0.39 is 6.10 Å². The van der Waals surface area contributed by atoms with Crippen molar-refractivity contribution in [3.8, 4) is 11.8 Å². The number of carbonyl (C=O) groups is 1. The van der Waals surface area contributed by atoms with Gasteiger partial charge < -0.3 is 10.1 Å². The Morgan fingerprint density at radius 2 is 2.30 bits per heavy atom. The van der Waals surface area contributed by atoms with Gasteiger partial charge in [-0.2, -0.15) is 10.4 Å². The highest BCUT2D eigenvalue weighted by molar-refractivity contribution is 6.30. The molecular formula is C16H17ClN4O2. The SMILES string of the molecule is Cc1cc(NC(=O)[C@H](C)Oc2cccc(Cl)c2)n(CCC#N)n1. The van der Waals surface area contributed by atoms with Gasteiger partial charge in [-0.05, 0) is 32.0 Å². The third kappa shape index (κ3) is 4.73. The zero-order valence-electron chi connectivity index (χ0n) is 12.9. The van der Waals surface area contributed by atoms with Crippen molar-refractivity contribution in [1.29, 1.82) is 5.26 Å². The van der Waals surface area contributed by atoms with E-state index in [2.05, 4.69) is 16.5 Å². The number of benzene rings is 1. The van der Waals surface area contributed by atoms with Gasteiger partial charge in [-0.15, -0.1) is 0 Å². The van der Waals surface area contributed by atoms with Crippen LogP contribution in [-0.4, -0.2) is 21.8 Å². The van der Waals surface area contributed by atoms with Crippen molar-refractivity contribution in [1.82, 2.24) is 9.78 Å². The van der Waals surface area contributed by atoms with Crippen LogP contribution < -0.4 is 10.1 Å². The van der Waals surface area contributed by atoms with Gasteiger partial charge in [0.15, 0.2) is 6.10 Å². The molecule has 0 aliphatic carbocycles. The van der Waals surface area contributed by atoms with Crippen LogP contribution in [0.1, 0.15) is 19.0 Å². The molecule has 23 heavy (non-hydrogen) atoms. The summed E-state index contributed by atoms with van der Waals surface area (Å²) in [6.07, 6.45) is -0.383. The molecule has 1 amide bonds. The van der Waals surface area contributed by atoms with Crippen LogP contribution in [0.5, 0.6) is 5.75 Å². The summed E-state index contributed by atoms with van der Waals surface area (Å²) in [6, 6.07) is 10.7. The lowest BCUT2D eigenvalue weighted by Crippen LogP contribution is -2.31. The maximum Gasteiger partial charge on any atom is 0.266 e. The molecule has 0 radical (unpaired) electrons. The number of hydrogen-bond donors (Lipinski definition) is 1. The zero-order chi connectivity index (χ0) is 16.8. The van der Waals surface area contributed by atoms with E-state index in [-0.39, 0.29) is 5.91 Å². The molecule has 0 saturated heterocycles. The van der Waals surface area contributed by atoms with Gasteiger partial charge in [-0.1, -0.05) is 17.7 Å². The summed E-state index contributed by atoms with van der Waals surface area (Å²) in [4.78, 5) is 12.3. The highest BCUT2D eigenvalue weighted by atomic mass is 35.5. The maximum absolute atomic E-state index is 12.3. The Kier molecular flexibility index (Phi) is 5.61. The second-order valence-electron chi connectivity index (χ2n) is 5.01. The van der Waals surface area contributed by atoms with Crippen molar-refractivity contribution >= 4 is 23.3 Å². The van der Waals surface area contributed by atoms with Crippen LogP contribution in [-0.2, 0) is 11.3 Å². The molecule has 0 aliphatic heterocycles. The monoisotopic (exact) mass is 332 g/mol. The predicted octanol–water partition coefficient (Wildman–Crippen LogP) is 3.16. The smallest absolute Gasteiger partial charge is 0.266 e. The van der Waals surface area contributed by atoms with E-state index in [1.165, 1.54) is 0 Å². The van der Waals surface area contributed by atoms with Crippen molar-refractivity contribution < 1.29 is 9.53 Å². The van der Waals surface area contributed by atoms with E-state index in [1.807, 2.05) is 6.92 Å². The topological polar surface area (TPSA) is 79.9 Å². The van der Waals surface area contributed by atoms with Gasteiger partial charge in [-0.25, -0.2) is 4.68 Å². The van der Waals surface area contributed by atoms with Gasteiger partial charge in [-0.3, -0.25) is 4.79 Å². The molecule has 7 heteroatoms. The molecule has 1 aromatic heterocycles. The van der Waals surface area contributed by atoms with E-state index in [0.29, 0.717) is 29.6 Å². The number of amides is 1. The van der Waals surface area contributed by atoms with E-state index in [9.17, 15) is 4.79 Å². The number of nitrogens with one attached hydrogen (secondary N) is 1. The summed E-state index contributed by atoms with van der Waals surface area (Å²) in [5.74, 6) is 0.765. The Labute approximate surface area is 139 Å². The van der Waals surface area contributed by atoms with E-state index in [1.54, 1.807) is 41.9 Å². The predicted molar refractivity (Wildman–Crippen MR) is 87.4 cm³/mol. The summed E-state index contributed by atoms with van der Waals surface area (Å²) >= 11 is 5.89. The lowest BCUT2D eigenvalue weighted by molar-refractivity contribution is -0.122. The number of ether oxygens (including phenoxy) is 1. The molecule has 2 rings (SSSR count). The lowest BCUT2D eigenvalue weighted by atomic mass is 10.3. The molecule has 120 valence electrons. The lowest BCUT2D eigenvalue weighted by Gasteiger charge is -2.15.